The maximum absolute atomic E-state index is 12.1. The maximum atomic E-state index is 12.1. The van der Waals surface area contributed by atoms with Crippen molar-refractivity contribution in [3.63, 3.8) is 0 Å². The van der Waals surface area contributed by atoms with E-state index in [4.69, 9.17) is 0 Å². The molecule has 0 radical (unpaired) electrons. The molecule has 0 aliphatic heterocycles. The monoisotopic (exact) mass is 333 g/mol. The summed E-state index contributed by atoms with van der Waals surface area (Å²) in [4.78, 5) is 16.0. The van der Waals surface area contributed by atoms with Crippen molar-refractivity contribution in [1.29, 1.82) is 0 Å². The van der Waals surface area contributed by atoms with Gasteiger partial charge in [0.25, 0.3) is 5.91 Å². The number of aromatic nitrogens is 1. The summed E-state index contributed by atoms with van der Waals surface area (Å²) in [5, 5.41) is 2.81. The van der Waals surface area contributed by atoms with E-state index < -0.39 is 10.0 Å². The minimum absolute atomic E-state index is 0.0255. The lowest BCUT2D eigenvalue weighted by atomic mass is 10.2. The van der Waals surface area contributed by atoms with Crippen molar-refractivity contribution < 1.29 is 13.2 Å². The van der Waals surface area contributed by atoms with E-state index in [1.807, 2.05) is 12.1 Å². The van der Waals surface area contributed by atoms with Gasteiger partial charge in [-0.05, 0) is 48.9 Å². The van der Waals surface area contributed by atoms with Crippen LogP contribution in [0, 0.1) is 0 Å². The van der Waals surface area contributed by atoms with Crippen LogP contribution in [0.4, 0.5) is 5.69 Å². The fourth-order valence-electron chi connectivity index (χ4n) is 1.96. The van der Waals surface area contributed by atoms with Crippen molar-refractivity contribution in [2.24, 2.45) is 0 Å². The molecule has 0 bridgehead atoms. The van der Waals surface area contributed by atoms with Gasteiger partial charge in [0.2, 0.25) is 10.0 Å². The zero-order valence-electron chi connectivity index (χ0n) is 13.1. The molecule has 2 aromatic rings. The van der Waals surface area contributed by atoms with Crippen LogP contribution in [0.25, 0.3) is 0 Å². The predicted molar refractivity (Wildman–Crippen MR) is 89.7 cm³/mol. The molecule has 6 nitrogen and oxygen atoms in total. The van der Waals surface area contributed by atoms with E-state index >= 15 is 0 Å². The molecule has 1 heterocycles. The van der Waals surface area contributed by atoms with Gasteiger partial charge in [-0.25, -0.2) is 8.42 Å². The van der Waals surface area contributed by atoms with E-state index in [1.165, 1.54) is 11.4 Å². The van der Waals surface area contributed by atoms with Crippen LogP contribution in [0.15, 0.2) is 48.8 Å². The SMILES string of the molecule is CCS(=O)(=O)N(C)c1ccc(C(=O)NCc2ccncc2)cc1. The first-order valence-electron chi connectivity index (χ1n) is 7.18. The normalized spacial score (nSPS) is 11.0. The van der Waals surface area contributed by atoms with E-state index in [1.54, 1.807) is 43.6 Å². The number of hydrogen-bond acceptors (Lipinski definition) is 4. The Labute approximate surface area is 136 Å². The third-order valence-corrected chi connectivity index (χ3v) is 5.25. The minimum atomic E-state index is -3.30. The number of nitrogens with one attached hydrogen (secondary N) is 1. The first-order chi connectivity index (χ1) is 10.9. The molecule has 0 aliphatic carbocycles. The number of anilines is 1. The van der Waals surface area contributed by atoms with Gasteiger partial charge in [0.15, 0.2) is 0 Å². The first kappa shape index (κ1) is 17.0. The highest BCUT2D eigenvalue weighted by Crippen LogP contribution is 2.17. The largest absolute Gasteiger partial charge is 0.348 e. The summed E-state index contributed by atoms with van der Waals surface area (Å²) < 4.78 is 24.9. The molecule has 0 unspecified atom stereocenters. The summed E-state index contributed by atoms with van der Waals surface area (Å²) in [6.45, 7) is 2.00. The Morgan fingerprint density at radius 3 is 2.30 bits per heavy atom. The van der Waals surface area contributed by atoms with E-state index in [9.17, 15) is 13.2 Å². The number of hydrogen-bond donors (Lipinski definition) is 1. The summed E-state index contributed by atoms with van der Waals surface area (Å²) in [7, 11) is -1.81. The van der Waals surface area contributed by atoms with Crippen molar-refractivity contribution >= 4 is 21.6 Å². The lowest BCUT2D eigenvalue weighted by molar-refractivity contribution is 0.0951. The van der Waals surface area contributed by atoms with Crippen LogP contribution in [-0.2, 0) is 16.6 Å². The quantitative estimate of drug-likeness (QED) is 0.874. The minimum Gasteiger partial charge on any atom is -0.348 e. The van der Waals surface area contributed by atoms with Crippen LogP contribution in [0.2, 0.25) is 0 Å². The van der Waals surface area contributed by atoms with Gasteiger partial charge in [0, 0.05) is 31.5 Å². The molecule has 0 atom stereocenters. The topological polar surface area (TPSA) is 79.4 Å². The Kier molecular flexibility index (Phi) is 5.33. The molecule has 1 aromatic heterocycles. The summed E-state index contributed by atoms with van der Waals surface area (Å²) >= 11 is 0. The number of nitrogens with zero attached hydrogens (tertiary/aromatic N) is 2. The number of rotatable bonds is 6. The third kappa shape index (κ3) is 4.29. The second-order valence-electron chi connectivity index (χ2n) is 4.95. The van der Waals surface area contributed by atoms with Crippen molar-refractivity contribution in [3.8, 4) is 0 Å². The standard InChI is InChI=1S/C16H19N3O3S/c1-3-23(21,22)19(2)15-6-4-14(5-7-15)16(20)18-12-13-8-10-17-11-9-13/h4-11H,3,12H2,1-2H3,(H,18,20). The number of sulfonamides is 1. The molecule has 0 aliphatic rings. The summed E-state index contributed by atoms with van der Waals surface area (Å²) in [5.74, 6) is -0.188. The molecule has 1 aromatic carbocycles. The van der Waals surface area contributed by atoms with Gasteiger partial charge in [-0.2, -0.15) is 0 Å². The van der Waals surface area contributed by atoms with Crippen LogP contribution < -0.4 is 9.62 Å². The van der Waals surface area contributed by atoms with Crippen LogP contribution >= 0.6 is 0 Å². The molecule has 7 heteroatoms. The zero-order chi connectivity index (χ0) is 16.9. The van der Waals surface area contributed by atoms with Crippen molar-refractivity contribution in [3.05, 3.63) is 59.9 Å². The highest BCUT2D eigenvalue weighted by Gasteiger charge is 2.16. The number of carbonyl (C=O) groups excluding carboxylic acids is 1. The average Bonchev–Trinajstić information content (AvgIpc) is 2.60. The van der Waals surface area contributed by atoms with Gasteiger partial charge in [-0.3, -0.25) is 14.1 Å². The number of benzene rings is 1. The van der Waals surface area contributed by atoms with Gasteiger partial charge in [-0.1, -0.05) is 0 Å². The molecule has 1 N–H and O–H groups in total. The highest BCUT2D eigenvalue weighted by atomic mass is 32.2. The molecule has 0 fully saturated rings. The third-order valence-electron chi connectivity index (χ3n) is 3.48. The number of carbonyl (C=O) groups is 1. The molecule has 122 valence electrons. The lowest BCUT2D eigenvalue weighted by Crippen LogP contribution is -2.28. The maximum Gasteiger partial charge on any atom is 0.251 e. The zero-order valence-corrected chi connectivity index (χ0v) is 13.9. The fourth-order valence-corrected chi connectivity index (χ4v) is 2.79. The van der Waals surface area contributed by atoms with E-state index in [0.29, 0.717) is 17.8 Å². The second-order valence-corrected chi connectivity index (χ2v) is 7.24. The smallest absolute Gasteiger partial charge is 0.251 e. The average molecular weight is 333 g/mol. The van der Waals surface area contributed by atoms with Gasteiger partial charge in [0.1, 0.15) is 0 Å². The molecule has 0 saturated heterocycles. The Morgan fingerprint density at radius 1 is 1.13 bits per heavy atom. The lowest BCUT2D eigenvalue weighted by Gasteiger charge is -2.18. The van der Waals surface area contributed by atoms with Crippen molar-refractivity contribution in [2.75, 3.05) is 17.1 Å². The molecule has 1 amide bonds. The van der Waals surface area contributed by atoms with Gasteiger partial charge >= 0.3 is 0 Å². The fraction of sp³-hybridized carbons (Fsp3) is 0.250. The molecular weight excluding hydrogens is 314 g/mol. The second kappa shape index (κ2) is 7.23. The number of amides is 1. The van der Waals surface area contributed by atoms with Crippen LogP contribution in [0.3, 0.4) is 0 Å². The van der Waals surface area contributed by atoms with E-state index in [0.717, 1.165) is 5.56 Å². The molecule has 0 spiro atoms. The van der Waals surface area contributed by atoms with Crippen LogP contribution in [0.1, 0.15) is 22.8 Å². The van der Waals surface area contributed by atoms with Crippen molar-refractivity contribution in [2.45, 2.75) is 13.5 Å². The Hall–Kier alpha value is -2.41. The molecular formula is C16H19N3O3S. The highest BCUT2D eigenvalue weighted by molar-refractivity contribution is 7.92. The van der Waals surface area contributed by atoms with Gasteiger partial charge in [-0.15, -0.1) is 0 Å². The van der Waals surface area contributed by atoms with Gasteiger partial charge < -0.3 is 5.32 Å². The summed E-state index contributed by atoms with van der Waals surface area (Å²) in [5.41, 5.74) is 1.96. The summed E-state index contributed by atoms with van der Waals surface area (Å²) in [6, 6.07) is 10.1. The molecule has 23 heavy (non-hydrogen) atoms. The van der Waals surface area contributed by atoms with Crippen LogP contribution in [0.5, 0.6) is 0 Å². The Bertz CT molecular complexity index is 759. The molecule has 2 rings (SSSR count). The van der Waals surface area contributed by atoms with Crippen LogP contribution in [-0.4, -0.2) is 32.1 Å². The molecule has 0 saturated carbocycles. The van der Waals surface area contributed by atoms with E-state index in [-0.39, 0.29) is 11.7 Å². The summed E-state index contributed by atoms with van der Waals surface area (Å²) in [6.07, 6.45) is 3.33. The first-order valence-corrected chi connectivity index (χ1v) is 8.78. The Balaban J connectivity index is 2.03. The predicted octanol–water partition coefficient (Wildman–Crippen LogP) is 1.80. The van der Waals surface area contributed by atoms with Gasteiger partial charge in [0.05, 0.1) is 11.4 Å². The van der Waals surface area contributed by atoms with Crippen molar-refractivity contribution in [1.82, 2.24) is 10.3 Å². The number of pyridine rings is 1. The van der Waals surface area contributed by atoms with E-state index in [2.05, 4.69) is 10.3 Å². The Morgan fingerprint density at radius 2 is 1.74 bits per heavy atom.